The topological polar surface area (TPSA) is 94.0 Å². The maximum absolute atomic E-state index is 13.1. The van der Waals surface area contributed by atoms with Gasteiger partial charge in [-0.05, 0) is 42.1 Å². The Morgan fingerprint density at radius 2 is 2.18 bits per heavy atom. The molecule has 0 aliphatic heterocycles. The first-order valence-corrected chi connectivity index (χ1v) is 9.16. The van der Waals surface area contributed by atoms with E-state index in [-0.39, 0.29) is 24.3 Å². The first-order valence-electron chi connectivity index (χ1n) is 8.78. The van der Waals surface area contributed by atoms with Crippen LogP contribution in [0.5, 0.6) is 0 Å². The Labute approximate surface area is 166 Å². The van der Waals surface area contributed by atoms with Gasteiger partial charge in [0.05, 0.1) is 12.9 Å². The van der Waals surface area contributed by atoms with Gasteiger partial charge in [0.15, 0.2) is 17.0 Å². The number of hydrogen-bond acceptors (Lipinski definition) is 6. The van der Waals surface area contributed by atoms with Crippen LogP contribution >= 0.6 is 11.6 Å². The van der Waals surface area contributed by atoms with Crippen LogP contribution < -0.4 is 10.6 Å². The Bertz CT molecular complexity index is 964. The molecule has 0 aliphatic rings. The number of nitrogens with zero attached hydrogens (tertiary/aromatic N) is 4. The lowest BCUT2D eigenvalue weighted by molar-refractivity contribution is 0.143. The van der Waals surface area contributed by atoms with Gasteiger partial charge >= 0.3 is 6.09 Å². The maximum atomic E-state index is 13.1. The van der Waals surface area contributed by atoms with Gasteiger partial charge in [0.25, 0.3) is 0 Å². The van der Waals surface area contributed by atoms with E-state index in [2.05, 4.69) is 25.6 Å². The van der Waals surface area contributed by atoms with Gasteiger partial charge in [-0.1, -0.05) is 12.1 Å². The summed E-state index contributed by atoms with van der Waals surface area (Å²) in [5.74, 6) is 0.236. The first-order chi connectivity index (χ1) is 13.6. The molecule has 0 fully saturated rings. The molecule has 0 bridgehead atoms. The molecule has 10 heteroatoms. The fourth-order valence-electron chi connectivity index (χ4n) is 2.68. The van der Waals surface area contributed by atoms with Gasteiger partial charge in [-0.15, -0.1) is 0 Å². The number of aromatic nitrogens is 4. The number of unbranched alkanes of at least 4 members (excludes halogenated alkanes) is 1. The summed E-state index contributed by atoms with van der Waals surface area (Å²) < 4.78 is 20.1. The number of hydrogen-bond donors (Lipinski definition) is 2. The van der Waals surface area contributed by atoms with Gasteiger partial charge < -0.3 is 19.9 Å². The zero-order valence-electron chi connectivity index (χ0n) is 15.3. The SMILES string of the molecule is CNc1nc(Cl)nc2c1ncn2CCCCOC(=O)NCc1cccc(F)c1. The van der Waals surface area contributed by atoms with Gasteiger partial charge in [-0.2, -0.15) is 9.97 Å². The van der Waals surface area contributed by atoms with E-state index in [0.717, 1.165) is 6.42 Å². The fraction of sp³-hybridized carbons (Fsp3) is 0.333. The molecule has 1 amide bonds. The molecule has 0 aliphatic carbocycles. The number of carbonyl (C=O) groups is 1. The van der Waals surface area contributed by atoms with Crippen LogP contribution in [0.15, 0.2) is 30.6 Å². The van der Waals surface area contributed by atoms with E-state index in [4.69, 9.17) is 16.3 Å². The second-order valence-electron chi connectivity index (χ2n) is 6.03. The summed E-state index contributed by atoms with van der Waals surface area (Å²) in [5, 5.41) is 5.69. The third-order valence-electron chi connectivity index (χ3n) is 4.03. The van der Waals surface area contributed by atoms with Crippen LogP contribution in [0.3, 0.4) is 0 Å². The van der Waals surface area contributed by atoms with Gasteiger partial charge in [-0.25, -0.2) is 14.2 Å². The number of aryl methyl sites for hydroxylation is 1. The molecule has 0 unspecified atom stereocenters. The third-order valence-corrected chi connectivity index (χ3v) is 4.19. The predicted molar refractivity (Wildman–Crippen MR) is 104 cm³/mol. The van der Waals surface area contributed by atoms with Crippen molar-refractivity contribution in [2.75, 3.05) is 19.0 Å². The van der Waals surface area contributed by atoms with Crippen LogP contribution in [0, 0.1) is 5.82 Å². The van der Waals surface area contributed by atoms with Crippen molar-refractivity contribution in [2.45, 2.75) is 25.9 Å². The molecule has 2 aromatic heterocycles. The van der Waals surface area contributed by atoms with Crippen molar-refractivity contribution in [3.63, 3.8) is 0 Å². The number of ether oxygens (including phenoxy) is 1. The van der Waals surface area contributed by atoms with E-state index in [1.807, 2.05) is 4.57 Å². The molecule has 2 heterocycles. The van der Waals surface area contributed by atoms with Gasteiger partial charge in [0.1, 0.15) is 5.82 Å². The Kier molecular flexibility index (Phi) is 6.59. The first kappa shape index (κ1) is 19.8. The van der Waals surface area contributed by atoms with E-state index in [1.165, 1.54) is 12.1 Å². The summed E-state index contributed by atoms with van der Waals surface area (Å²) >= 11 is 5.94. The number of anilines is 1. The summed E-state index contributed by atoms with van der Waals surface area (Å²) in [7, 11) is 1.74. The zero-order chi connectivity index (χ0) is 19.9. The Morgan fingerprint density at radius 1 is 1.32 bits per heavy atom. The molecule has 2 N–H and O–H groups in total. The normalized spacial score (nSPS) is 10.8. The number of halogens is 2. The molecule has 8 nitrogen and oxygen atoms in total. The molecule has 0 atom stereocenters. The van der Waals surface area contributed by atoms with Crippen molar-refractivity contribution in [2.24, 2.45) is 0 Å². The number of benzene rings is 1. The molecule has 28 heavy (non-hydrogen) atoms. The summed E-state index contributed by atoms with van der Waals surface area (Å²) in [4.78, 5) is 24.3. The van der Waals surface area contributed by atoms with Crippen LogP contribution in [0.4, 0.5) is 15.0 Å². The highest BCUT2D eigenvalue weighted by molar-refractivity contribution is 6.28. The lowest BCUT2D eigenvalue weighted by atomic mass is 10.2. The number of carbonyl (C=O) groups excluding carboxylic acids is 1. The minimum atomic E-state index is -0.532. The van der Waals surface area contributed by atoms with Crippen molar-refractivity contribution in [1.29, 1.82) is 0 Å². The van der Waals surface area contributed by atoms with E-state index in [0.29, 0.717) is 35.5 Å². The van der Waals surface area contributed by atoms with Crippen LogP contribution in [0.2, 0.25) is 5.28 Å². The van der Waals surface area contributed by atoms with E-state index < -0.39 is 6.09 Å². The van der Waals surface area contributed by atoms with Crippen LogP contribution in [0.25, 0.3) is 11.2 Å². The van der Waals surface area contributed by atoms with Crippen molar-refractivity contribution in [3.05, 3.63) is 47.3 Å². The summed E-state index contributed by atoms with van der Waals surface area (Å²) in [5.41, 5.74) is 1.98. The molecular formula is C18H20ClFN6O2. The standard InChI is InChI=1S/C18H20ClFN6O2/c1-21-15-14-16(25-17(19)24-15)26(11-23-14)7-2-3-8-28-18(27)22-10-12-5-4-6-13(20)9-12/h4-6,9,11H,2-3,7-8,10H2,1H3,(H,22,27)(H,21,24,25). The summed E-state index contributed by atoms with van der Waals surface area (Å²) in [6, 6.07) is 6.04. The van der Waals surface area contributed by atoms with Gasteiger partial charge in [0, 0.05) is 20.1 Å². The molecule has 3 aromatic rings. The predicted octanol–water partition coefficient (Wildman–Crippen LogP) is 3.37. The minimum absolute atomic E-state index is 0.150. The second-order valence-corrected chi connectivity index (χ2v) is 6.37. The van der Waals surface area contributed by atoms with Gasteiger partial charge in [-0.3, -0.25) is 0 Å². The highest BCUT2D eigenvalue weighted by atomic mass is 35.5. The quantitative estimate of drug-likeness (QED) is 0.440. The monoisotopic (exact) mass is 406 g/mol. The van der Waals surface area contributed by atoms with Crippen molar-refractivity contribution < 1.29 is 13.9 Å². The molecule has 1 aromatic carbocycles. The smallest absolute Gasteiger partial charge is 0.407 e. The number of imidazole rings is 1. The average molecular weight is 407 g/mol. The molecular weight excluding hydrogens is 387 g/mol. The number of nitrogens with one attached hydrogen (secondary N) is 2. The minimum Gasteiger partial charge on any atom is -0.450 e. The second kappa shape index (κ2) is 9.32. The summed E-state index contributed by atoms with van der Waals surface area (Å²) in [6.45, 7) is 1.15. The Morgan fingerprint density at radius 3 is 2.96 bits per heavy atom. The van der Waals surface area contributed by atoms with Crippen LogP contribution in [-0.2, 0) is 17.8 Å². The zero-order valence-corrected chi connectivity index (χ0v) is 16.0. The Hall–Kier alpha value is -2.94. The molecule has 0 saturated carbocycles. The number of alkyl carbamates (subject to hydrolysis) is 1. The third kappa shape index (κ3) is 5.07. The molecule has 0 saturated heterocycles. The number of amides is 1. The fourth-order valence-corrected chi connectivity index (χ4v) is 2.84. The summed E-state index contributed by atoms with van der Waals surface area (Å²) in [6.07, 6.45) is 2.59. The van der Waals surface area contributed by atoms with Gasteiger partial charge in [0.2, 0.25) is 5.28 Å². The van der Waals surface area contributed by atoms with Crippen molar-refractivity contribution in [1.82, 2.24) is 24.8 Å². The highest BCUT2D eigenvalue weighted by Crippen LogP contribution is 2.20. The van der Waals surface area contributed by atoms with Crippen molar-refractivity contribution in [3.8, 4) is 0 Å². The van der Waals surface area contributed by atoms with Crippen molar-refractivity contribution >= 4 is 34.7 Å². The maximum Gasteiger partial charge on any atom is 0.407 e. The van der Waals surface area contributed by atoms with Crippen LogP contribution in [-0.4, -0.2) is 39.3 Å². The van der Waals surface area contributed by atoms with E-state index in [9.17, 15) is 9.18 Å². The largest absolute Gasteiger partial charge is 0.450 e. The van der Waals surface area contributed by atoms with E-state index >= 15 is 0 Å². The number of fused-ring (bicyclic) bond motifs is 1. The lowest BCUT2D eigenvalue weighted by Gasteiger charge is -2.08. The lowest BCUT2D eigenvalue weighted by Crippen LogP contribution is -2.24. The van der Waals surface area contributed by atoms with E-state index in [1.54, 1.807) is 25.5 Å². The highest BCUT2D eigenvalue weighted by Gasteiger charge is 2.11. The molecule has 3 rings (SSSR count). The van der Waals surface area contributed by atoms with Crippen LogP contribution in [0.1, 0.15) is 18.4 Å². The molecule has 0 radical (unpaired) electrons. The average Bonchev–Trinajstić information content (AvgIpc) is 3.08. The molecule has 0 spiro atoms. The number of rotatable bonds is 8. The molecule has 148 valence electrons. The Balaban J connectivity index is 1.41.